The van der Waals surface area contributed by atoms with Crippen molar-refractivity contribution in [2.45, 2.75) is 46.3 Å². The molecule has 0 spiro atoms. The Morgan fingerprint density at radius 2 is 1.89 bits per heavy atom. The topological polar surface area (TPSA) is 87.7 Å². The predicted octanol–water partition coefficient (Wildman–Crippen LogP) is 1.21. The van der Waals surface area contributed by atoms with Crippen LogP contribution in [0.5, 0.6) is 0 Å². The van der Waals surface area contributed by atoms with E-state index in [0.29, 0.717) is 19.6 Å². The fourth-order valence-electron chi connectivity index (χ4n) is 1.46. The Morgan fingerprint density at radius 3 is 2.33 bits per heavy atom. The Kier molecular flexibility index (Phi) is 8.11. The highest BCUT2D eigenvalue weighted by Crippen LogP contribution is 2.07. The number of rotatable bonds is 8. The van der Waals surface area contributed by atoms with Crippen molar-refractivity contribution in [2.75, 3.05) is 13.2 Å². The molecule has 0 saturated carbocycles. The minimum atomic E-state index is -1.02. The van der Waals surface area contributed by atoms with E-state index in [1.165, 1.54) is 0 Å². The molecule has 0 aliphatic heterocycles. The number of urea groups is 1. The van der Waals surface area contributed by atoms with Gasteiger partial charge in [-0.3, -0.25) is 0 Å². The second kappa shape index (κ2) is 8.74. The summed E-state index contributed by atoms with van der Waals surface area (Å²) in [7, 11) is 0. The maximum atomic E-state index is 11.5. The van der Waals surface area contributed by atoms with Gasteiger partial charge in [0, 0.05) is 13.2 Å². The van der Waals surface area contributed by atoms with Crippen LogP contribution in [0.2, 0.25) is 0 Å². The molecule has 6 heteroatoms. The Morgan fingerprint density at radius 1 is 1.28 bits per heavy atom. The zero-order chi connectivity index (χ0) is 14.1. The first-order valence-corrected chi connectivity index (χ1v) is 6.31. The fourth-order valence-corrected chi connectivity index (χ4v) is 1.46. The number of aliphatic carboxylic acids is 1. The van der Waals surface area contributed by atoms with Crippen LogP contribution in [0.25, 0.3) is 0 Å². The van der Waals surface area contributed by atoms with Crippen molar-refractivity contribution >= 4 is 12.0 Å². The van der Waals surface area contributed by atoms with E-state index in [9.17, 15) is 9.59 Å². The summed E-state index contributed by atoms with van der Waals surface area (Å²) in [6, 6.07) is -1.34. The van der Waals surface area contributed by atoms with Crippen LogP contribution in [0, 0.1) is 5.92 Å². The Bertz CT molecular complexity index is 271. The minimum Gasteiger partial charge on any atom is -0.480 e. The second-order valence-electron chi connectivity index (χ2n) is 4.32. The monoisotopic (exact) mass is 260 g/mol. The van der Waals surface area contributed by atoms with E-state index < -0.39 is 18.0 Å². The van der Waals surface area contributed by atoms with Crippen LogP contribution in [0.1, 0.15) is 34.1 Å². The summed E-state index contributed by atoms with van der Waals surface area (Å²) in [4.78, 5) is 22.6. The normalized spacial score (nSPS) is 15.6. The minimum absolute atomic E-state index is 0.0902. The Balaban J connectivity index is 4.14. The lowest BCUT2D eigenvalue weighted by Gasteiger charge is -2.21. The number of carboxylic acids is 1. The molecule has 106 valence electrons. The van der Waals surface area contributed by atoms with Crippen LogP contribution in [-0.4, -0.2) is 42.4 Å². The van der Waals surface area contributed by atoms with Gasteiger partial charge in [-0.1, -0.05) is 20.3 Å². The van der Waals surface area contributed by atoms with Gasteiger partial charge < -0.3 is 20.5 Å². The lowest BCUT2D eigenvalue weighted by molar-refractivity contribution is -0.140. The Hall–Kier alpha value is -1.30. The van der Waals surface area contributed by atoms with Crippen molar-refractivity contribution in [1.29, 1.82) is 0 Å². The summed E-state index contributed by atoms with van der Waals surface area (Å²) in [5.74, 6) is -1.13. The quantitative estimate of drug-likeness (QED) is 0.612. The van der Waals surface area contributed by atoms with Crippen LogP contribution in [0.4, 0.5) is 4.79 Å². The molecule has 3 atom stereocenters. The van der Waals surface area contributed by atoms with Gasteiger partial charge in [0.25, 0.3) is 0 Å². The summed E-state index contributed by atoms with van der Waals surface area (Å²) in [6.45, 7) is 8.33. The number of ether oxygens (including phenoxy) is 1. The van der Waals surface area contributed by atoms with Gasteiger partial charge in [-0.15, -0.1) is 0 Å². The van der Waals surface area contributed by atoms with Crippen LogP contribution >= 0.6 is 0 Å². The molecule has 0 aliphatic rings. The molecule has 0 aromatic carbocycles. The standard InChI is InChI=1S/C12H24N2O4/c1-5-8(3)10(11(15)16)14-12(17)13-7-9(4)18-6-2/h8-10H,5-7H2,1-4H3,(H,15,16)(H2,13,14,17)/t8?,9?,10-/m0/s1. The highest BCUT2D eigenvalue weighted by molar-refractivity contribution is 5.82. The van der Waals surface area contributed by atoms with E-state index in [1.54, 1.807) is 6.92 Å². The van der Waals surface area contributed by atoms with Crippen molar-refractivity contribution in [3.05, 3.63) is 0 Å². The molecule has 0 aromatic heterocycles. The fraction of sp³-hybridized carbons (Fsp3) is 0.833. The average Bonchev–Trinajstić information content (AvgIpc) is 2.32. The zero-order valence-electron chi connectivity index (χ0n) is 11.5. The van der Waals surface area contributed by atoms with Crippen LogP contribution < -0.4 is 10.6 Å². The lowest BCUT2D eigenvalue weighted by atomic mass is 9.99. The molecule has 2 unspecified atom stereocenters. The first-order valence-electron chi connectivity index (χ1n) is 6.31. The zero-order valence-corrected chi connectivity index (χ0v) is 11.5. The number of hydrogen-bond acceptors (Lipinski definition) is 3. The molecule has 2 amide bonds. The van der Waals surface area contributed by atoms with E-state index in [0.717, 1.165) is 0 Å². The molecular formula is C12H24N2O4. The predicted molar refractivity (Wildman–Crippen MR) is 68.5 cm³/mol. The Labute approximate surface area is 108 Å². The molecule has 0 rings (SSSR count). The molecule has 0 radical (unpaired) electrons. The summed E-state index contributed by atoms with van der Waals surface area (Å²) in [5, 5.41) is 14.1. The third-order valence-corrected chi connectivity index (χ3v) is 2.77. The molecule has 0 aliphatic carbocycles. The van der Waals surface area contributed by atoms with Crippen LogP contribution in [0.3, 0.4) is 0 Å². The van der Waals surface area contributed by atoms with Crippen molar-refractivity contribution in [3.63, 3.8) is 0 Å². The number of carbonyl (C=O) groups excluding carboxylic acids is 1. The maximum Gasteiger partial charge on any atom is 0.326 e. The molecule has 0 heterocycles. The van der Waals surface area contributed by atoms with E-state index in [2.05, 4.69) is 10.6 Å². The number of carboxylic acid groups (broad SMARTS) is 1. The first kappa shape index (κ1) is 16.7. The molecule has 3 N–H and O–H groups in total. The number of amides is 2. The van der Waals surface area contributed by atoms with Gasteiger partial charge in [0.2, 0.25) is 0 Å². The van der Waals surface area contributed by atoms with E-state index in [-0.39, 0.29) is 12.0 Å². The first-order chi connectivity index (χ1) is 8.42. The molecule has 0 bridgehead atoms. The van der Waals surface area contributed by atoms with Gasteiger partial charge in [-0.05, 0) is 19.8 Å². The molecular weight excluding hydrogens is 236 g/mol. The van der Waals surface area contributed by atoms with Crippen molar-refractivity contribution in [2.24, 2.45) is 5.92 Å². The number of nitrogens with one attached hydrogen (secondary N) is 2. The molecule has 0 aromatic rings. The van der Waals surface area contributed by atoms with E-state index in [4.69, 9.17) is 9.84 Å². The average molecular weight is 260 g/mol. The largest absolute Gasteiger partial charge is 0.480 e. The SMILES string of the molecule is CCOC(C)CNC(=O)N[C@H](C(=O)O)C(C)CC. The van der Waals surface area contributed by atoms with Gasteiger partial charge in [0.15, 0.2) is 0 Å². The number of hydrogen-bond donors (Lipinski definition) is 3. The summed E-state index contributed by atoms with van der Waals surface area (Å²) >= 11 is 0. The molecule has 18 heavy (non-hydrogen) atoms. The van der Waals surface area contributed by atoms with E-state index in [1.807, 2.05) is 20.8 Å². The van der Waals surface area contributed by atoms with Gasteiger partial charge >= 0.3 is 12.0 Å². The van der Waals surface area contributed by atoms with Crippen LogP contribution in [0.15, 0.2) is 0 Å². The second-order valence-corrected chi connectivity index (χ2v) is 4.32. The highest BCUT2D eigenvalue weighted by atomic mass is 16.5. The summed E-state index contributed by atoms with van der Waals surface area (Å²) < 4.78 is 5.25. The maximum absolute atomic E-state index is 11.5. The van der Waals surface area contributed by atoms with Gasteiger partial charge in [-0.2, -0.15) is 0 Å². The van der Waals surface area contributed by atoms with Crippen molar-refractivity contribution in [1.82, 2.24) is 10.6 Å². The summed E-state index contributed by atoms with van der Waals surface area (Å²) in [5.41, 5.74) is 0. The third kappa shape index (κ3) is 6.44. The molecule has 6 nitrogen and oxygen atoms in total. The van der Waals surface area contributed by atoms with Crippen molar-refractivity contribution in [3.8, 4) is 0 Å². The lowest BCUT2D eigenvalue weighted by Crippen LogP contribution is -2.50. The number of carbonyl (C=O) groups is 2. The smallest absolute Gasteiger partial charge is 0.326 e. The molecule has 0 saturated heterocycles. The highest BCUT2D eigenvalue weighted by Gasteiger charge is 2.25. The molecule has 0 fully saturated rings. The van der Waals surface area contributed by atoms with Crippen molar-refractivity contribution < 1.29 is 19.4 Å². The van der Waals surface area contributed by atoms with E-state index >= 15 is 0 Å². The third-order valence-electron chi connectivity index (χ3n) is 2.77. The van der Waals surface area contributed by atoms with Gasteiger partial charge in [0.1, 0.15) is 6.04 Å². The summed E-state index contributed by atoms with van der Waals surface area (Å²) in [6.07, 6.45) is 0.597. The van der Waals surface area contributed by atoms with Gasteiger partial charge in [0.05, 0.1) is 6.10 Å². The van der Waals surface area contributed by atoms with Gasteiger partial charge in [-0.25, -0.2) is 9.59 Å². The van der Waals surface area contributed by atoms with Crippen LogP contribution in [-0.2, 0) is 9.53 Å².